The number of rotatable bonds is 8. The second-order valence-corrected chi connectivity index (χ2v) is 6.50. The Balaban J connectivity index is 1.75. The van der Waals surface area contributed by atoms with Gasteiger partial charge in [0, 0.05) is 31.3 Å². The van der Waals surface area contributed by atoms with E-state index in [0.717, 1.165) is 18.5 Å². The first-order valence-electron chi connectivity index (χ1n) is 9.05. The molecule has 1 aromatic rings. The van der Waals surface area contributed by atoms with Gasteiger partial charge in [-0.25, -0.2) is 0 Å². The van der Waals surface area contributed by atoms with Crippen molar-refractivity contribution in [2.45, 2.75) is 38.6 Å². The van der Waals surface area contributed by atoms with Gasteiger partial charge in [0.15, 0.2) is 0 Å². The highest BCUT2D eigenvalue weighted by atomic mass is 16.5. The van der Waals surface area contributed by atoms with Crippen molar-refractivity contribution in [3.63, 3.8) is 0 Å². The number of methoxy groups -OCH3 is 2. The van der Waals surface area contributed by atoms with Gasteiger partial charge >= 0.3 is 0 Å². The molecule has 0 saturated carbocycles. The number of benzene rings is 1. The number of amides is 1. The molecule has 0 aliphatic carbocycles. The minimum absolute atomic E-state index is 0.0755. The lowest BCUT2D eigenvalue weighted by Gasteiger charge is -2.33. The summed E-state index contributed by atoms with van der Waals surface area (Å²) in [4.78, 5) is 14.5. The maximum atomic E-state index is 12.0. The van der Waals surface area contributed by atoms with E-state index < -0.39 is 0 Å². The Morgan fingerprint density at radius 1 is 1.24 bits per heavy atom. The molecule has 1 aliphatic rings. The zero-order chi connectivity index (χ0) is 18.1. The number of nitrogens with zero attached hydrogens (tertiary/aromatic N) is 1. The van der Waals surface area contributed by atoms with Crippen LogP contribution in [0.1, 0.15) is 38.2 Å². The molecule has 0 radical (unpaired) electrons. The van der Waals surface area contributed by atoms with E-state index in [4.69, 9.17) is 9.47 Å². The van der Waals surface area contributed by atoms with Crippen LogP contribution in [0.5, 0.6) is 11.5 Å². The number of carbonyl (C=O) groups excluding carboxylic acids is 1. The SMILES string of the molecule is COc1cc(/C=C/C(=O)NCCCN2CCCC[C@H]2C)cc(OC)c1. The smallest absolute Gasteiger partial charge is 0.243 e. The Morgan fingerprint density at radius 3 is 2.60 bits per heavy atom. The Hall–Kier alpha value is -2.01. The zero-order valence-electron chi connectivity index (χ0n) is 15.6. The van der Waals surface area contributed by atoms with E-state index in [1.807, 2.05) is 12.1 Å². The molecule has 1 N–H and O–H groups in total. The van der Waals surface area contributed by atoms with E-state index in [9.17, 15) is 4.79 Å². The van der Waals surface area contributed by atoms with E-state index in [2.05, 4.69) is 17.1 Å². The highest BCUT2D eigenvalue weighted by Crippen LogP contribution is 2.23. The monoisotopic (exact) mass is 346 g/mol. The zero-order valence-corrected chi connectivity index (χ0v) is 15.6. The number of ether oxygens (including phenoxy) is 2. The summed E-state index contributed by atoms with van der Waals surface area (Å²) in [5, 5.41) is 2.95. The summed E-state index contributed by atoms with van der Waals surface area (Å²) in [5.41, 5.74) is 0.869. The number of nitrogens with one attached hydrogen (secondary N) is 1. The molecule has 138 valence electrons. The molecule has 2 rings (SSSR count). The van der Waals surface area contributed by atoms with Crippen LogP contribution < -0.4 is 14.8 Å². The third kappa shape index (κ3) is 6.42. The molecule has 5 nitrogen and oxygen atoms in total. The van der Waals surface area contributed by atoms with E-state index in [1.165, 1.54) is 25.8 Å². The maximum Gasteiger partial charge on any atom is 0.243 e. The van der Waals surface area contributed by atoms with Crippen molar-refractivity contribution in [3.8, 4) is 11.5 Å². The quantitative estimate of drug-likeness (QED) is 0.580. The third-order valence-electron chi connectivity index (χ3n) is 4.66. The van der Waals surface area contributed by atoms with Gasteiger partial charge in [0.25, 0.3) is 0 Å². The van der Waals surface area contributed by atoms with Crippen molar-refractivity contribution < 1.29 is 14.3 Å². The van der Waals surface area contributed by atoms with Gasteiger partial charge in [0.2, 0.25) is 5.91 Å². The van der Waals surface area contributed by atoms with Crippen molar-refractivity contribution in [2.75, 3.05) is 33.9 Å². The second-order valence-electron chi connectivity index (χ2n) is 6.50. The molecule has 1 aliphatic heterocycles. The Morgan fingerprint density at radius 2 is 1.96 bits per heavy atom. The van der Waals surface area contributed by atoms with Crippen LogP contribution in [-0.2, 0) is 4.79 Å². The Labute approximate surface area is 151 Å². The maximum absolute atomic E-state index is 12.0. The van der Waals surface area contributed by atoms with Gasteiger partial charge in [0.05, 0.1) is 14.2 Å². The van der Waals surface area contributed by atoms with E-state index >= 15 is 0 Å². The normalized spacial score (nSPS) is 18.3. The molecule has 1 fully saturated rings. The van der Waals surface area contributed by atoms with Crippen LogP contribution in [0.3, 0.4) is 0 Å². The molecule has 1 heterocycles. The lowest BCUT2D eigenvalue weighted by atomic mass is 10.0. The van der Waals surface area contributed by atoms with E-state index in [-0.39, 0.29) is 5.91 Å². The van der Waals surface area contributed by atoms with Gasteiger partial charge in [0.1, 0.15) is 11.5 Å². The van der Waals surface area contributed by atoms with Gasteiger partial charge in [-0.1, -0.05) is 6.42 Å². The van der Waals surface area contributed by atoms with Crippen LogP contribution >= 0.6 is 0 Å². The van der Waals surface area contributed by atoms with Crippen molar-refractivity contribution >= 4 is 12.0 Å². The molecular weight excluding hydrogens is 316 g/mol. The summed E-state index contributed by atoms with van der Waals surface area (Å²) in [6, 6.07) is 6.21. The highest BCUT2D eigenvalue weighted by Gasteiger charge is 2.17. The Bertz CT molecular complexity index is 564. The molecule has 1 amide bonds. The molecular formula is C20H30N2O3. The summed E-state index contributed by atoms with van der Waals surface area (Å²) in [6.45, 7) is 5.24. The molecule has 5 heteroatoms. The molecule has 1 atom stereocenters. The predicted octanol–water partition coefficient (Wildman–Crippen LogP) is 3.10. The predicted molar refractivity (Wildman–Crippen MR) is 101 cm³/mol. The summed E-state index contributed by atoms with van der Waals surface area (Å²) in [5.74, 6) is 1.33. The Kier molecular flexibility index (Phi) is 7.79. The summed E-state index contributed by atoms with van der Waals surface area (Å²) in [7, 11) is 3.22. The lowest BCUT2D eigenvalue weighted by Crippen LogP contribution is -2.39. The van der Waals surface area contributed by atoms with Gasteiger partial charge in [-0.3, -0.25) is 4.79 Å². The molecule has 1 aromatic carbocycles. The van der Waals surface area contributed by atoms with E-state index in [1.54, 1.807) is 32.4 Å². The molecule has 0 bridgehead atoms. The van der Waals surface area contributed by atoms with Crippen molar-refractivity contribution in [1.29, 1.82) is 0 Å². The highest BCUT2D eigenvalue weighted by molar-refractivity contribution is 5.91. The van der Waals surface area contributed by atoms with Crippen LogP contribution in [0.25, 0.3) is 6.08 Å². The topological polar surface area (TPSA) is 50.8 Å². The van der Waals surface area contributed by atoms with Crippen LogP contribution in [0.15, 0.2) is 24.3 Å². The average molecular weight is 346 g/mol. The number of hydrogen-bond donors (Lipinski definition) is 1. The minimum atomic E-state index is -0.0755. The standard InChI is InChI=1S/C20H30N2O3/c1-16-7-4-5-11-22(16)12-6-10-21-20(23)9-8-17-13-18(24-2)15-19(14-17)25-3/h8-9,13-16H,4-7,10-12H2,1-3H3,(H,21,23)/b9-8+/t16-/m1/s1. The average Bonchev–Trinajstić information content (AvgIpc) is 2.64. The number of piperidine rings is 1. The first-order chi connectivity index (χ1) is 12.1. The van der Waals surface area contributed by atoms with Crippen molar-refractivity contribution in [3.05, 3.63) is 29.8 Å². The summed E-state index contributed by atoms with van der Waals surface area (Å²) in [6.07, 6.45) is 8.23. The minimum Gasteiger partial charge on any atom is -0.497 e. The van der Waals surface area contributed by atoms with Crippen LogP contribution in [-0.4, -0.2) is 50.7 Å². The molecule has 1 saturated heterocycles. The summed E-state index contributed by atoms with van der Waals surface area (Å²) >= 11 is 0. The van der Waals surface area contributed by atoms with Gasteiger partial charge in [-0.15, -0.1) is 0 Å². The summed E-state index contributed by atoms with van der Waals surface area (Å²) < 4.78 is 10.5. The number of likely N-dealkylation sites (tertiary alicyclic amines) is 1. The van der Waals surface area contributed by atoms with Crippen LogP contribution in [0.2, 0.25) is 0 Å². The fourth-order valence-corrected chi connectivity index (χ4v) is 3.14. The lowest BCUT2D eigenvalue weighted by molar-refractivity contribution is -0.116. The van der Waals surface area contributed by atoms with Gasteiger partial charge < -0.3 is 19.7 Å². The van der Waals surface area contributed by atoms with Crippen molar-refractivity contribution in [1.82, 2.24) is 10.2 Å². The molecule has 0 aromatic heterocycles. The van der Waals surface area contributed by atoms with Gasteiger partial charge in [-0.05, 0) is 56.5 Å². The van der Waals surface area contributed by atoms with Crippen LogP contribution in [0.4, 0.5) is 0 Å². The van der Waals surface area contributed by atoms with Crippen LogP contribution in [0, 0.1) is 0 Å². The first kappa shape index (κ1) is 19.3. The fourth-order valence-electron chi connectivity index (χ4n) is 3.14. The third-order valence-corrected chi connectivity index (χ3v) is 4.66. The largest absolute Gasteiger partial charge is 0.497 e. The van der Waals surface area contributed by atoms with Gasteiger partial charge in [-0.2, -0.15) is 0 Å². The molecule has 0 unspecified atom stereocenters. The number of hydrogen-bond acceptors (Lipinski definition) is 4. The second kappa shape index (κ2) is 10.1. The molecule has 0 spiro atoms. The first-order valence-corrected chi connectivity index (χ1v) is 9.05. The molecule has 25 heavy (non-hydrogen) atoms. The number of carbonyl (C=O) groups is 1. The fraction of sp³-hybridized carbons (Fsp3) is 0.550. The van der Waals surface area contributed by atoms with Crippen molar-refractivity contribution in [2.24, 2.45) is 0 Å². The van der Waals surface area contributed by atoms with E-state index in [0.29, 0.717) is 24.1 Å².